The third-order valence-electron chi connectivity index (χ3n) is 3.51. The summed E-state index contributed by atoms with van der Waals surface area (Å²) in [5.41, 5.74) is 0.488. The number of nitro groups is 1. The van der Waals surface area contributed by atoms with Crippen molar-refractivity contribution in [2.45, 2.75) is 32.7 Å². The van der Waals surface area contributed by atoms with E-state index in [1.165, 1.54) is 0 Å². The van der Waals surface area contributed by atoms with Gasteiger partial charge in [-0.15, -0.1) is 0 Å². The van der Waals surface area contributed by atoms with Crippen molar-refractivity contribution in [2.24, 2.45) is 7.05 Å². The molecule has 0 aliphatic carbocycles. The van der Waals surface area contributed by atoms with Crippen LogP contribution in [0.1, 0.15) is 26.5 Å². The fraction of sp³-hybridized carbons (Fsp3) is 0.750. The maximum atomic E-state index is 11.2. The van der Waals surface area contributed by atoms with E-state index in [-0.39, 0.29) is 16.1 Å². The predicted octanol–water partition coefficient (Wildman–Crippen LogP) is 1.64. The van der Waals surface area contributed by atoms with E-state index in [4.69, 9.17) is 0 Å². The van der Waals surface area contributed by atoms with Gasteiger partial charge in [-0.3, -0.25) is 10.1 Å². The highest BCUT2D eigenvalue weighted by Crippen LogP contribution is 2.29. The summed E-state index contributed by atoms with van der Waals surface area (Å²) in [5, 5.41) is 18.5. The minimum Gasteiger partial charge on any atom is -0.363 e. The lowest BCUT2D eigenvalue weighted by molar-refractivity contribution is -0.384. The molecule has 0 amide bonds. The molecule has 1 rings (SSSR count). The fourth-order valence-corrected chi connectivity index (χ4v) is 1.65. The number of hydrogen-bond donors (Lipinski definition) is 1. The van der Waals surface area contributed by atoms with Crippen LogP contribution < -0.4 is 5.32 Å². The van der Waals surface area contributed by atoms with E-state index in [9.17, 15) is 10.1 Å². The lowest BCUT2D eigenvalue weighted by atomic mass is 10.0. The second-order valence-corrected chi connectivity index (χ2v) is 5.44. The van der Waals surface area contributed by atoms with Crippen LogP contribution in [0.15, 0.2) is 0 Å². The van der Waals surface area contributed by atoms with Crippen LogP contribution in [0.25, 0.3) is 0 Å². The molecule has 1 heterocycles. The molecule has 0 aromatic carbocycles. The zero-order valence-corrected chi connectivity index (χ0v) is 12.5. The van der Waals surface area contributed by atoms with Crippen LogP contribution >= 0.6 is 0 Å². The smallest absolute Gasteiger partial charge is 0.333 e. The van der Waals surface area contributed by atoms with Crippen molar-refractivity contribution in [3.63, 3.8) is 0 Å². The SMILES string of the molecule is CCc1nn(C)c(NCC(C)(C)N(C)C)c1[N+](=O)[O-]. The molecule has 0 aliphatic heterocycles. The van der Waals surface area contributed by atoms with Gasteiger partial charge in [-0.25, -0.2) is 4.68 Å². The van der Waals surface area contributed by atoms with E-state index in [0.29, 0.717) is 24.5 Å². The highest BCUT2D eigenvalue weighted by atomic mass is 16.6. The van der Waals surface area contributed by atoms with Crippen LogP contribution in [0.2, 0.25) is 0 Å². The molecule has 19 heavy (non-hydrogen) atoms. The van der Waals surface area contributed by atoms with Gasteiger partial charge >= 0.3 is 5.69 Å². The Morgan fingerprint density at radius 2 is 2.05 bits per heavy atom. The first-order chi connectivity index (χ1) is 8.70. The Balaban J connectivity index is 3.02. The Bertz CT molecular complexity index is 465. The first kappa shape index (κ1) is 15.4. The van der Waals surface area contributed by atoms with Gasteiger partial charge in [-0.1, -0.05) is 6.92 Å². The highest BCUT2D eigenvalue weighted by molar-refractivity contribution is 5.60. The van der Waals surface area contributed by atoms with E-state index in [1.807, 2.05) is 21.0 Å². The van der Waals surface area contributed by atoms with Crippen LogP contribution in [0, 0.1) is 10.1 Å². The van der Waals surface area contributed by atoms with Gasteiger partial charge in [0.05, 0.1) is 4.92 Å². The minimum absolute atomic E-state index is 0.0829. The Kier molecular flexibility index (Phi) is 4.52. The summed E-state index contributed by atoms with van der Waals surface area (Å²) >= 11 is 0. The molecule has 0 saturated carbocycles. The number of anilines is 1. The Hall–Kier alpha value is -1.63. The van der Waals surface area contributed by atoms with Gasteiger partial charge in [0, 0.05) is 19.1 Å². The summed E-state index contributed by atoms with van der Waals surface area (Å²) in [6, 6.07) is 0. The van der Waals surface area contributed by atoms with E-state index in [2.05, 4.69) is 29.2 Å². The zero-order valence-electron chi connectivity index (χ0n) is 12.5. The molecule has 0 bridgehead atoms. The Labute approximate surface area is 113 Å². The number of nitrogens with one attached hydrogen (secondary N) is 1. The molecule has 0 spiro atoms. The molecule has 0 saturated heterocycles. The maximum absolute atomic E-state index is 11.2. The van der Waals surface area contributed by atoms with Gasteiger partial charge in [0.1, 0.15) is 5.69 Å². The summed E-state index contributed by atoms with van der Waals surface area (Å²) < 4.78 is 1.54. The molecular weight excluding hydrogens is 246 g/mol. The third kappa shape index (κ3) is 3.23. The van der Waals surface area contributed by atoms with Crippen LogP contribution in [0.5, 0.6) is 0 Å². The van der Waals surface area contributed by atoms with Crippen LogP contribution in [-0.4, -0.2) is 45.8 Å². The molecule has 0 unspecified atom stereocenters. The van der Waals surface area contributed by atoms with E-state index in [1.54, 1.807) is 11.7 Å². The van der Waals surface area contributed by atoms with Crippen molar-refractivity contribution in [3.05, 3.63) is 15.8 Å². The average molecular weight is 269 g/mol. The zero-order chi connectivity index (χ0) is 14.8. The van der Waals surface area contributed by atoms with Gasteiger partial charge in [-0.05, 0) is 34.4 Å². The number of hydrogen-bond acceptors (Lipinski definition) is 5. The summed E-state index contributed by atoms with van der Waals surface area (Å²) in [7, 11) is 5.69. The van der Waals surface area contributed by atoms with Crippen molar-refractivity contribution < 1.29 is 4.92 Å². The molecule has 7 heteroatoms. The van der Waals surface area contributed by atoms with Crippen LogP contribution in [0.3, 0.4) is 0 Å². The molecule has 7 nitrogen and oxygen atoms in total. The van der Waals surface area contributed by atoms with Gasteiger partial charge in [0.25, 0.3) is 0 Å². The quantitative estimate of drug-likeness (QED) is 0.627. The third-order valence-corrected chi connectivity index (χ3v) is 3.51. The van der Waals surface area contributed by atoms with Gasteiger partial charge < -0.3 is 10.2 Å². The number of likely N-dealkylation sites (N-methyl/N-ethyl adjacent to an activating group) is 1. The standard InChI is InChI=1S/C12H23N5O2/c1-7-9-10(17(18)19)11(16(6)14-9)13-8-12(2,3)15(4)5/h13H,7-8H2,1-6H3. The summed E-state index contributed by atoms with van der Waals surface area (Å²) in [4.78, 5) is 12.9. The molecule has 1 aromatic heterocycles. The average Bonchev–Trinajstić information content (AvgIpc) is 2.63. The van der Waals surface area contributed by atoms with E-state index >= 15 is 0 Å². The lowest BCUT2D eigenvalue weighted by Crippen LogP contribution is -2.44. The Morgan fingerprint density at radius 1 is 1.47 bits per heavy atom. The molecule has 0 fully saturated rings. The second kappa shape index (κ2) is 5.56. The first-order valence-electron chi connectivity index (χ1n) is 6.32. The van der Waals surface area contributed by atoms with E-state index in [0.717, 1.165) is 0 Å². The maximum Gasteiger partial charge on any atom is 0.333 e. The fourth-order valence-electron chi connectivity index (χ4n) is 1.65. The number of rotatable bonds is 6. The number of aryl methyl sites for hydroxylation is 2. The van der Waals surface area contributed by atoms with Crippen molar-refractivity contribution in [3.8, 4) is 0 Å². The van der Waals surface area contributed by atoms with Crippen LogP contribution in [-0.2, 0) is 13.5 Å². The van der Waals surface area contributed by atoms with Gasteiger partial charge in [0.2, 0.25) is 5.82 Å². The normalized spacial score (nSPS) is 11.9. The first-order valence-corrected chi connectivity index (χ1v) is 6.32. The molecule has 0 atom stereocenters. The topological polar surface area (TPSA) is 76.2 Å². The summed E-state index contributed by atoms with van der Waals surface area (Å²) in [5.74, 6) is 0.469. The van der Waals surface area contributed by atoms with Crippen molar-refractivity contribution in [1.82, 2.24) is 14.7 Å². The Morgan fingerprint density at radius 3 is 2.47 bits per heavy atom. The van der Waals surface area contributed by atoms with Crippen molar-refractivity contribution >= 4 is 11.5 Å². The number of nitrogens with zero attached hydrogens (tertiary/aromatic N) is 4. The summed E-state index contributed by atoms with van der Waals surface area (Å²) in [6.45, 7) is 6.61. The van der Waals surface area contributed by atoms with Crippen LogP contribution in [0.4, 0.5) is 11.5 Å². The predicted molar refractivity (Wildman–Crippen MR) is 75.5 cm³/mol. The molecule has 1 aromatic rings. The number of aromatic nitrogens is 2. The molecular formula is C12H23N5O2. The molecule has 1 N–H and O–H groups in total. The van der Waals surface area contributed by atoms with Crippen molar-refractivity contribution in [2.75, 3.05) is 26.0 Å². The van der Waals surface area contributed by atoms with E-state index < -0.39 is 0 Å². The molecule has 0 radical (unpaired) electrons. The minimum atomic E-state index is -0.364. The monoisotopic (exact) mass is 269 g/mol. The highest BCUT2D eigenvalue weighted by Gasteiger charge is 2.28. The lowest BCUT2D eigenvalue weighted by Gasteiger charge is -2.32. The largest absolute Gasteiger partial charge is 0.363 e. The molecule has 0 aliphatic rings. The molecule has 108 valence electrons. The van der Waals surface area contributed by atoms with Crippen molar-refractivity contribution in [1.29, 1.82) is 0 Å². The van der Waals surface area contributed by atoms with Gasteiger partial charge in [-0.2, -0.15) is 5.10 Å². The summed E-state index contributed by atoms with van der Waals surface area (Å²) in [6.07, 6.45) is 0.545. The van der Waals surface area contributed by atoms with Gasteiger partial charge in [0.15, 0.2) is 0 Å². The second-order valence-electron chi connectivity index (χ2n) is 5.44.